The Morgan fingerprint density at radius 3 is 2.19 bits per heavy atom. The second-order valence-electron chi connectivity index (χ2n) is 6.66. The summed E-state index contributed by atoms with van der Waals surface area (Å²) in [5.41, 5.74) is 0.608. The van der Waals surface area contributed by atoms with Crippen LogP contribution < -0.4 is 0 Å². The molecule has 0 aromatic heterocycles. The van der Waals surface area contributed by atoms with E-state index in [-0.39, 0.29) is 11.9 Å². The van der Waals surface area contributed by atoms with Crippen molar-refractivity contribution in [2.24, 2.45) is 17.3 Å². The van der Waals surface area contributed by atoms with E-state index in [9.17, 15) is 14.7 Å². The summed E-state index contributed by atoms with van der Waals surface area (Å²) in [7, 11) is 0. The molecule has 1 fully saturated rings. The molecule has 1 amide bonds. The lowest BCUT2D eigenvalue weighted by Crippen LogP contribution is -2.38. The maximum atomic E-state index is 12.7. The van der Waals surface area contributed by atoms with Crippen LogP contribution in [0, 0.1) is 17.3 Å². The maximum absolute atomic E-state index is 12.7. The zero-order chi connectivity index (χ0) is 15.8. The summed E-state index contributed by atoms with van der Waals surface area (Å²) in [6.45, 7) is 8.17. The third-order valence-corrected chi connectivity index (χ3v) is 4.46. The molecule has 0 spiro atoms. The van der Waals surface area contributed by atoms with Gasteiger partial charge in [-0.3, -0.25) is 9.59 Å². The Hall–Kier alpha value is -1.84. The van der Waals surface area contributed by atoms with Crippen molar-refractivity contribution in [1.29, 1.82) is 0 Å². The number of benzene rings is 1. The fourth-order valence-electron chi connectivity index (χ4n) is 3.03. The van der Waals surface area contributed by atoms with Crippen LogP contribution >= 0.6 is 0 Å². The smallest absolute Gasteiger partial charge is 0.307 e. The predicted molar refractivity (Wildman–Crippen MR) is 80.5 cm³/mol. The first kappa shape index (κ1) is 15.5. The van der Waals surface area contributed by atoms with E-state index < -0.39 is 23.2 Å². The van der Waals surface area contributed by atoms with Gasteiger partial charge in [0.25, 0.3) is 0 Å². The Bertz CT molecular complexity index is 536. The Morgan fingerprint density at radius 2 is 1.76 bits per heavy atom. The van der Waals surface area contributed by atoms with E-state index in [0.717, 1.165) is 5.56 Å². The number of nitrogens with zero attached hydrogens (tertiary/aromatic N) is 1. The number of rotatable bonds is 5. The topological polar surface area (TPSA) is 57.6 Å². The molecule has 1 N–H and O–H groups in total. The van der Waals surface area contributed by atoms with Crippen molar-refractivity contribution >= 4 is 11.9 Å². The highest BCUT2D eigenvalue weighted by atomic mass is 16.4. The number of carboxylic acid groups (broad SMARTS) is 1. The molecule has 0 heterocycles. The number of aliphatic carboxylic acids is 1. The first-order valence-corrected chi connectivity index (χ1v) is 7.34. The van der Waals surface area contributed by atoms with Crippen LogP contribution in [0.2, 0.25) is 0 Å². The van der Waals surface area contributed by atoms with E-state index in [1.165, 1.54) is 0 Å². The van der Waals surface area contributed by atoms with Gasteiger partial charge in [-0.1, -0.05) is 44.2 Å². The molecule has 21 heavy (non-hydrogen) atoms. The summed E-state index contributed by atoms with van der Waals surface area (Å²) < 4.78 is 0. The molecule has 2 rings (SSSR count). The Labute approximate surface area is 125 Å². The molecule has 4 nitrogen and oxygen atoms in total. The predicted octanol–water partition coefficient (Wildman–Crippen LogP) is 2.78. The van der Waals surface area contributed by atoms with Gasteiger partial charge in [0.1, 0.15) is 0 Å². The first-order valence-electron chi connectivity index (χ1n) is 7.34. The minimum absolute atomic E-state index is 0.0450. The van der Waals surface area contributed by atoms with Crippen LogP contribution in [-0.4, -0.2) is 27.9 Å². The largest absolute Gasteiger partial charge is 0.481 e. The van der Waals surface area contributed by atoms with Crippen molar-refractivity contribution in [3.8, 4) is 0 Å². The molecule has 1 aromatic carbocycles. The summed E-state index contributed by atoms with van der Waals surface area (Å²) in [6, 6.07) is 9.84. The fraction of sp³-hybridized carbons (Fsp3) is 0.529. The lowest BCUT2D eigenvalue weighted by atomic mass is 10.1. The highest BCUT2D eigenvalue weighted by Gasteiger charge is 2.66. The molecule has 114 valence electrons. The molecule has 2 unspecified atom stereocenters. The average molecular weight is 289 g/mol. The monoisotopic (exact) mass is 289 g/mol. The van der Waals surface area contributed by atoms with Gasteiger partial charge < -0.3 is 10.0 Å². The van der Waals surface area contributed by atoms with Crippen LogP contribution in [0.3, 0.4) is 0 Å². The zero-order valence-corrected chi connectivity index (χ0v) is 13.0. The standard InChI is InChI=1S/C17H23NO3/c1-11(2)18(10-12-8-6-5-7-9-12)15(19)13-14(16(20)21)17(13,3)4/h5-9,11,13-14H,10H2,1-4H3,(H,20,21). The fourth-order valence-corrected chi connectivity index (χ4v) is 3.03. The van der Waals surface area contributed by atoms with Crippen molar-refractivity contribution < 1.29 is 14.7 Å². The molecule has 1 aromatic rings. The summed E-state index contributed by atoms with van der Waals surface area (Å²) >= 11 is 0. The molecule has 1 aliphatic carbocycles. The van der Waals surface area contributed by atoms with Gasteiger partial charge in [0.15, 0.2) is 0 Å². The second-order valence-corrected chi connectivity index (χ2v) is 6.66. The molecule has 2 atom stereocenters. The number of carbonyl (C=O) groups excluding carboxylic acids is 1. The van der Waals surface area contributed by atoms with Crippen molar-refractivity contribution in [2.45, 2.75) is 40.3 Å². The molecular weight excluding hydrogens is 266 g/mol. The Kier molecular flexibility index (Phi) is 4.08. The zero-order valence-electron chi connectivity index (χ0n) is 13.0. The summed E-state index contributed by atoms with van der Waals surface area (Å²) in [5, 5.41) is 9.25. The maximum Gasteiger partial charge on any atom is 0.307 e. The van der Waals surface area contributed by atoms with Crippen molar-refractivity contribution in [3.05, 3.63) is 35.9 Å². The lowest BCUT2D eigenvalue weighted by molar-refractivity contribution is -0.142. The third-order valence-electron chi connectivity index (χ3n) is 4.46. The molecular formula is C17H23NO3. The quantitative estimate of drug-likeness (QED) is 0.906. The highest BCUT2D eigenvalue weighted by molar-refractivity contribution is 5.91. The third kappa shape index (κ3) is 2.94. The van der Waals surface area contributed by atoms with Crippen molar-refractivity contribution in [2.75, 3.05) is 0 Å². The van der Waals surface area contributed by atoms with E-state index in [1.807, 2.05) is 58.0 Å². The SMILES string of the molecule is CC(C)N(Cc1ccccc1)C(=O)C1C(C(=O)O)C1(C)C. The van der Waals surface area contributed by atoms with Crippen molar-refractivity contribution in [1.82, 2.24) is 4.90 Å². The van der Waals surface area contributed by atoms with Crippen LogP contribution in [0.25, 0.3) is 0 Å². The average Bonchev–Trinajstić information content (AvgIpc) is 2.99. The van der Waals surface area contributed by atoms with E-state index in [1.54, 1.807) is 4.90 Å². The Morgan fingerprint density at radius 1 is 1.19 bits per heavy atom. The molecule has 1 aliphatic rings. The Balaban J connectivity index is 2.16. The van der Waals surface area contributed by atoms with Gasteiger partial charge in [-0.25, -0.2) is 0 Å². The lowest BCUT2D eigenvalue weighted by Gasteiger charge is -2.27. The van der Waals surface area contributed by atoms with Gasteiger partial charge in [-0.2, -0.15) is 0 Å². The number of hydrogen-bond acceptors (Lipinski definition) is 2. The van der Waals surface area contributed by atoms with Crippen molar-refractivity contribution in [3.63, 3.8) is 0 Å². The first-order chi connectivity index (χ1) is 9.76. The minimum atomic E-state index is -0.873. The van der Waals surface area contributed by atoms with Gasteiger partial charge in [-0.15, -0.1) is 0 Å². The molecule has 4 heteroatoms. The van der Waals surface area contributed by atoms with Crippen LogP contribution in [0.1, 0.15) is 33.3 Å². The van der Waals surface area contributed by atoms with Gasteiger partial charge in [0.05, 0.1) is 11.8 Å². The van der Waals surface area contributed by atoms with Crippen LogP contribution in [0.4, 0.5) is 0 Å². The molecule has 0 radical (unpaired) electrons. The molecule has 0 saturated heterocycles. The number of hydrogen-bond donors (Lipinski definition) is 1. The minimum Gasteiger partial charge on any atom is -0.481 e. The van der Waals surface area contributed by atoms with Crippen LogP contribution in [-0.2, 0) is 16.1 Å². The van der Waals surface area contributed by atoms with E-state index in [4.69, 9.17) is 0 Å². The normalized spacial score (nSPS) is 22.9. The highest BCUT2D eigenvalue weighted by Crippen LogP contribution is 2.59. The van der Waals surface area contributed by atoms with Gasteiger partial charge in [-0.05, 0) is 24.8 Å². The van der Waals surface area contributed by atoms with Gasteiger partial charge in [0, 0.05) is 12.6 Å². The van der Waals surface area contributed by atoms with E-state index >= 15 is 0 Å². The van der Waals surface area contributed by atoms with Gasteiger partial charge in [0.2, 0.25) is 5.91 Å². The van der Waals surface area contributed by atoms with Crippen LogP contribution in [0.5, 0.6) is 0 Å². The van der Waals surface area contributed by atoms with E-state index in [2.05, 4.69) is 0 Å². The molecule has 0 aliphatic heterocycles. The second kappa shape index (κ2) is 5.51. The summed E-state index contributed by atoms with van der Waals surface area (Å²) in [5.74, 6) is -1.91. The number of amides is 1. The summed E-state index contributed by atoms with van der Waals surface area (Å²) in [6.07, 6.45) is 0. The summed E-state index contributed by atoms with van der Waals surface area (Å²) in [4.78, 5) is 25.8. The molecule has 1 saturated carbocycles. The van der Waals surface area contributed by atoms with Gasteiger partial charge >= 0.3 is 5.97 Å². The molecule has 0 bridgehead atoms. The van der Waals surface area contributed by atoms with Crippen LogP contribution in [0.15, 0.2) is 30.3 Å². The number of carboxylic acids is 1. The van der Waals surface area contributed by atoms with E-state index in [0.29, 0.717) is 6.54 Å². The number of carbonyl (C=O) groups is 2.